The van der Waals surface area contributed by atoms with Gasteiger partial charge < -0.3 is 14.4 Å². The summed E-state index contributed by atoms with van der Waals surface area (Å²) in [6.07, 6.45) is 6.35. The number of hydrogen-bond donors (Lipinski definition) is 1. The molecule has 5 rings (SSSR count). The maximum Gasteiger partial charge on any atom is 0.150 e. The molecule has 3 fully saturated rings. The number of carbonyl (C=O) groups is 2. The molecule has 4 atom stereocenters. The van der Waals surface area contributed by atoms with E-state index < -0.39 is 0 Å². The largest absolute Gasteiger partial charge is 0.380 e. The van der Waals surface area contributed by atoms with E-state index in [1.807, 2.05) is 24.3 Å². The SMILES string of the molecule is CC1CCC(NCl)COC1.O=Cc1ccc(F)cc1.O=Cc1ccc(N2C3CCC2COC3)cc1. The van der Waals surface area contributed by atoms with Crippen molar-refractivity contribution in [2.45, 2.75) is 50.7 Å². The number of rotatable bonds is 4. The van der Waals surface area contributed by atoms with Gasteiger partial charge in [-0.2, -0.15) is 0 Å². The Hall–Kier alpha value is -2.32. The predicted octanol–water partition coefficient (Wildman–Crippen LogP) is 5.05. The van der Waals surface area contributed by atoms with Gasteiger partial charge in [0.2, 0.25) is 0 Å². The van der Waals surface area contributed by atoms with Gasteiger partial charge in [0.1, 0.15) is 18.4 Å². The van der Waals surface area contributed by atoms with Crippen molar-refractivity contribution in [1.29, 1.82) is 0 Å². The van der Waals surface area contributed by atoms with Gasteiger partial charge in [0.25, 0.3) is 0 Å². The number of halogens is 2. The van der Waals surface area contributed by atoms with E-state index >= 15 is 0 Å². The van der Waals surface area contributed by atoms with Crippen LogP contribution >= 0.6 is 11.8 Å². The minimum Gasteiger partial charge on any atom is -0.380 e. The Morgan fingerprint density at radius 1 is 0.829 bits per heavy atom. The molecule has 4 unspecified atom stereocenters. The second kappa shape index (κ2) is 14.3. The molecule has 0 aliphatic carbocycles. The van der Waals surface area contributed by atoms with Crippen LogP contribution in [0, 0.1) is 11.7 Å². The molecule has 190 valence electrons. The van der Waals surface area contributed by atoms with Crippen molar-refractivity contribution in [2.24, 2.45) is 5.92 Å². The van der Waals surface area contributed by atoms with Crippen LogP contribution in [-0.4, -0.2) is 57.1 Å². The van der Waals surface area contributed by atoms with Crippen LogP contribution in [0.1, 0.15) is 53.3 Å². The first-order valence-corrected chi connectivity index (χ1v) is 12.5. The van der Waals surface area contributed by atoms with E-state index in [9.17, 15) is 14.0 Å². The van der Waals surface area contributed by atoms with Crippen LogP contribution in [-0.2, 0) is 9.47 Å². The summed E-state index contributed by atoms with van der Waals surface area (Å²) in [5, 5.41) is 0. The summed E-state index contributed by atoms with van der Waals surface area (Å²) in [5.74, 6) is 0.371. The van der Waals surface area contributed by atoms with Crippen LogP contribution in [0.15, 0.2) is 48.5 Å². The monoisotopic (exact) mass is 504 g/mol. The van der Waals surface area contributed by atoms with E-state index in [2.05, 4.69) is 16.7 Å². The van der Waals surface area contributed by atoms with E-state index in [1.54, 1.807) is 0 Å². The summed E-state index contributed by atoms with van der Waals surface area (Å²) < 4.78 is 23.0. The maximum absolute atomic E-state index is 12.1. The molecule has 2 aromatic rings. The van der Waals surface area contributed by atoms with Crippen molar-refractivity contribution in [1.82, 2.24) is 4.84 Å². The van der Waals surface area contributed by atoms with Crippen LogP contribution in [0.5, 0.6) is 0 Å². The Morgan fingerprint density at radius 3 is 1.91 bits per heavy atom. The molecule has 0 saturated carbocycles. The minimum absolute atomic E-state index is 0.319. The molecule has 0 amide bonds. The first kappa shape index (κ1) is 27.3. The van der Waals surface area contributed by atoms with Gasteiger partial charge in [0.05, 0.1) is 31.9 Å². The summed E-state index contributed by atoms with van der Waals surface area (Å²) in [5.41, 5.74) is 2.46. The third kappa shape index (κ3) is 8.39. The Labute approximate surface area is 211 Å². The molecule has 0 spiro atoms. The standard InChI is InChI=1S/C13H15NO2.C7H14ClNO.C7H5FO/c15-7-10-1-3-11(4-2-10)14-12-5-6-13(14)9-16-8-12;1-6-2-3-7(9-8)5-10-4-6;8-7-3-1-6(5-9)2-4-7/h1-4,7,12-13H,5-6,8-9H2;6-7,9H,2-5H2,1H3;1-5H. The predicted molar refractivity (Wildman–Crippen MR) is 136 cm³/mol. The summed E-state index contributed by atoms with van der Waals surface area (Å²) in [7, 11) is 0. The van der Waals surface area contributed by atoms with Crippen molar-refractivity contribution in [3.63, 3.8) is 0 Å². The zero-order chi connectivity index (χ0) is 25.0. The van der Waals surface area contributed by atoms with E-state index in [0.29, 0.717) is 35.9 Å². The van der Waals surface area contributed by atoms with Crippen molar-refractivity contribution in [2.75, 3.05) is 31.3 Å². The molecule has 3 aliphatic rings. The number of carbonyl (C=O) groups excluding carboxylic acids is 2. The number of nitrogens with zero attached hydrogens (tertiary/aromatic N) is 1. The number of hydrogen-bond acceptors (Lipinski definition) is 6. The van der Waals surface area contributed by atoms with Gasteiger partial charge in [-0.15, -0.1) is 0 Å². The van der Waals surface area contributed by atoms with Gasteiger partial charge in [0.15, 0.2) is 0 Å². The number of ether oxygens (including phenoxy) is 2. The lowest BCUT2D eigenvalue weighted by Crippen LogP contribution is -2.45. The lowest BCUT2D eigenvalue weighted by atomic mass is 10.1. The first-order valence-electron chi connectivity index (χ1n) is 12.1. The highest BCUT2D eigenvalue weighted by Crippen LogP contribution is 2.33. The Kier molecular flexibility index (Phi) is 11.1. The zero-order valence-electron chi connectivity index (χ0n) is 20.1. The second-order valence-corrected chi connectivity index (χ2v) is 9.45. The van der Waals surface area contributed by atoms with Crippen molar-refractivity contribution in [3.8, 4) is 0 Å². The quantitative estimate of drug-likeness (QED) is 0.464. The van der Waals surface area contributed by atoms with Crippen LogP contribution < -0.4 is 9.74 Å². The second-order valence-electron chi connectivity index (χ2n) is 9.23. The minimum atomic E-state index is -0.319. The molecule has 3 heterocycles. The Bertz CT molecular complexity index is 896. The van der Waals surface area contributed by atoms with E-state index in [-0.39, 0.29) is 5.82 Å². The number of fused-ring (bicyclic) bond motifs is 2. The summed E-state index contributed by atoms with van der Waals surface area (Å²) >= 11 is 5.47. The number of aldehydes is 2. The van der Waals surface area contributed by atoms with Crippen molar-refractivity contribution < 1.29 is 23.5 Å². The normalized spacial score (nSPS) is 25.3. The van der Waals surface area contributed by atoms with Gasteiger partial charge in [-0.25, -0.2) is 9.23 Å². The van der Waals surface area contributed by atoms with Gasteiger partial charge in [0, 0.05) is 29.5 Å². The molecule has 6 nitrogen and oxygen atoms in total. The maximum atomic E-state index is 12.1. The third-order valence-electron chi connectivity index (χ3n) is 6.46. The number of nitrogens with one attached hydrogen (secondary N) is 1. The number of morpholine rings is 1. The molecule has 8 heteroatoms. The molecule has 35 heavy (non-hydrogen) atoms. The number of anilines is 1. The fraction of sp³-hybridized carbons (Fsp3) is 0.481. The zero-order valence-corrected chi connectivity index (χ0v) is 20.8. The molecule has 0 aromatic heterocycles. The molecule has 1 N–H and O–H groups in total. The Balaban J connectivity index is 0.000000157. The first-order chi connectivity index (χ1) is 17.0. The molecular formula is C27H34ClFN2O4. The lowest BCUT2D eigenvalue weighted by Gasteiger charge is -2.36. The molecule has 2 bridgehead atoms. The molecule has 2 aromatic carbocycles. The third-order valence-corrected chi connectivity index (χ3v) is 6.77. The Morgan fingerprint density at radius 2 is 1.37 bits per heavy atom. The molecule has 3 aliphatic heterocycles. The van der Waals surface area contributed by atoms with Crippen LogP contribution in [0.25, 0.3) is 0 Å². The topological polar surface area (TPSA) is 67.9 Å². The average molecular weight is 505 g/mol. The number of benzene rings is 2. The van der Waals surface area contributed by atoms with Gasteiger partial charge in [-0.3, -0.25) is 9.59 Å². The summed E-state index contributed by atoms with van der Waals surface area (Å²) in [4.78, 5) is 25.8. The van der Waals surface area contributed by atoms with Gasteiger partial charge in [-0.1, -0.05) is 6.92 Å². The van der Waals surface area contributed by atoms with E-state index in [0.717, 1.165) is 44.7 Å². The highest BCUT2D eigenvalue weighted by atomic mass is 35.5. The summed E-state index contributed by atoms with van der Waals surface area (Å²) in [6.45, 7) is 5.53. The van der Waals surface area contributed by atoms with E-state index in [4.69, 9.17) is 21.3 Å². The van der Waals surface area contributed by atoms with Crippen molar-refractivity contribution >= 4 is 30.0 Å². The van der Waals surface area contributed by atoms with Gasteiger partial charge in [-0.05, 0) is 91.9 Å². The average Bonchev–Trinajstić information content (AvgIpc) is 3.04. The highest BCUT2D eigenvalue weighted by Gasteiger charge is 2.37. The molecule has 0 radical (unpaired) electrons. The van der Waals surface area contributed by atoms with Crippen LogP contribution in [0.3, 0.4) is 0 Å². The fourth-order valence-corrected chi connectivity index (χ4v) is 4.64. The van der Waals surface area contributed by atoms with Crippen LogP contribution in [0.2, 0.25) is 0 Å². The smallest absolute Gasteiger partial charge is 0.150 e. The lowest BCUT2D eigenvalue weighted by molar-refractivity contribution is 0.0906. The van der Waals surface area contributed by atoms with Crippen molar-refractivity contribution in [3.05, 3.63) is 65.5 Å². The summed E-state index contributed by atoms with van der Waals surface area (Å²) in [6, 6.07) is 14.6. The molecule has 3 saturated heterocycles. The highest BCUT2D eigenvalue weighted by molar-refractivity contribution is 6.13. The van der Waals surface area contributed by atoms with E-state index in [1.165, 1.54) is 49.2 Å². The van der Waals surface area contributed by atoms with Gasteiger partial charge >= 0.3 is 0 Å². The van der Waals surface area contributed by atoms with Crippen LogP contribution in [0.4, 0.5) is 10.1 Å². The molecular weight excluding hydrogens is 471 g/mol. The fourth-order valence-electron chi connectivity index (χ4n) is 4.47.